The molecule has 0 aliphatic heterocycles. The minimum atomic E-state index is -0.641. The van der Waals surface area contributed by atoms with E-state index in [1.807, 2.05) is 36.4 Å². The molecule has 0 aliphatic carbocycles. The fourth-order valence-corrected chi connectivity index (χ4v) is 2.75. The van der Waals surface area contributed by atoms with Crippen LogP contribution in [-0.4, -0.2) is 25.5 Å². The fraction of sp³-hybridized carbons (Fsp3) is 0.0833. The average molecular weight is 390 g/mol. The molecule has 3 rings (SSSR count). The van der Waals surface area contributed by atoms with Crippen LogP contribution in [0.2, 0.25) is 0 Å². The summed E-state index contributed by atoms with van der Waals surface area (Å²) in [6.45, 7) is -0.444. The van der Waals surface area contributed by atoms with Crippen LogP contribution in [0.5, 0.6) is 5.75 Å². The normalized spacial score (nSPS) is 11.0. The third-order valence-electron chi connectivity index (χ3n) is 4.24. The standard InChI is InChI=1S/C24H19FO4/c1-28-23-10-6-5-9-19(23)15-21(17-7-3-2-4-8-17)24(27)29-16-22(26)18-11-13-20(25)14-12-18/h2-15H,16H2,1H3/b21-15+. The zero-order valence-corrected chi connectivity index (χ0v) is 15.8. The summed E-state index contributed by atoms with van der Waals surface area (Å²) in [6.07, 6.45) is 1.67. The first-order valence-electron chi connectivity index (χ1n) is 8.94. The van der Waals surface area contributed by atoms with Crippen LogP contribution in [0.3, 0.4) is 0 Å². The highest BCUT2D eigenvalue weighted by molar-refractivity contribution is 6.22. The lowest BCUT2D eigenvalue weighted by Gasteiger charge is -2.10. The number of carbonyl (C=O) groups is 2. The van der Waals surface area contributed by atoms with E-state index in [2.05, 4.69) is 0 Å². The molecule has 0 N–H and O–H groups in total. The van der Waals surface area contributed by atoms with Crippen LogP contribution < -0.4 is 4.74 Å². The van der Waals surface area contributed by atoms with E-state index in [1.165, 1.54) is 24.3 Å². The summed E-state index contributed by atoms with van der Waals surface area (Å²) in [6, 6.07) is 21.4. The van der Waals surface area contributed by atoms with Gasteiger partial charge in [0.25, 0.3) is 0 Å². The lowest BCUT2D eigenvalue weighted by Crippen LogP contribution is -2.15. The maximum Gasteiger partial charge on any atom is 0.339 e. The zero-order valence-electron chi connectivity index (χ0n) is 15.8. The van der Waals surface area contributed by atoms with E-state index in [4.69, 9.17) is 9.47 Å². The fourth-order valence-electron chi connectivity index (χ4n) is 2.75. The number of benzene rings is 3. The van der Waals surface area contributed by atoms with Gasteiger partial charge < -0.3 is 9.47 Å². The molecule has 0 radical (unpaired) electrons. The molecule has 29 heavy (non-hydrogen) atoms. The Balaban J connectivity index is 1.84. The predicted molar refractivity (Wildman–Crippen MR) is 109 cm³/mol. The Morgan fingerprint density at radius 3 is 2.21 bits per heavy atom. The van der Waals surface area contributed by atoms with Crippen molar-refractivity contribution in [2.75, 3.05) is 13.7 Å². The van der Waals surface area contributed by atoms with Crippen LogP contribution in [0.15, 0.2) is 78.9 Å². The molecule has 0 saturated carbocycles. The highest BCUT2D eigenvalue weighted by Gasteiger charge is 2.17. The van der Waals surface area contributed by atoms with Gasteiger partial charge in [0.05, 0.1) is 12.7 Å². The topological polar surface area (TPSA) is 52.6 Å². The van der Waals surface area contributed by atoms with E-state index in [1.54, 1.807) is 31.4 Å². The summed E-state index contributed by atoms with van der Waals surface area (Å²) in [5, 5.41) is 0. The average Bonchev–Trinajstić information content (AvgIpc) is 2.77. The molecule has 3 aromatic rings. The van der Waals surface area contributed by atoms with Gasteiger partial charge in [-0.2, -0.15) is 0 Å². The maximum atomic E-state index is 13.0. The second kappa shape index (κ2) is 9.46. The van der Waals surface area contributed by atoms with Crippen LogP contribution in [0.25, 0.3) is 11.6 Å². The Bertz CT molecular complexity index is 1020. The number of carbonyl (C=O) groups excluding carboxylic acids is 2. The largest absolute Gasteiger partial charge is 0.496 e. The Kier molecular flexibility index (Phi) is 6.53. The van der Waals surface area contributed by atoms with Crippen molar-refractivity contribution < 1.29 is 23.5 Å². The number of halogens is 1. The van der Waals surface area contributed by atoms with Crippen molar-refractivity contribution in [1.82, 2.24) is 0 Å². The molecule has 4 nitrogen and oxygen atoms in total. The van der Waals surface area contributed by atoms with Crippen molar-refractivity contribution in [2.45, 2.75) is 0 Å². The van der Waals surface area contributed by atoms with E-state index in [0.29, 0.717) is 22.4 Å². The van der Waals surface area contributed by atoms with Gasteiger partial charge in [0.15, 0.2) is 12.4 Å². The quantitative estimate of drug-likeness (QED) is 0.252. The second-order valence-corrected chi connectivity index (χ2v) is 6.17. The van der Waals surface area contributed by atoms with E-state index in [9.17, 15) is 14.0 Å². The summed E-state index contributed by atoms with van der Waals surface area (Å²) in [5.74, 6) is -0.888. The molecule has 0 unspecified atom stereocenters. The summed E-state index contributed by atoms with van der Waals surface area (Å²) < 4.78 is 23.6. The summed E-state index contributed by atoms with van der Waals surface area (Å²) in [4.78, 5) is 25.0. The van der Waals surface area contributed by atoms with Gasteiger partial charge in [-0.3, -0.25) is 4.79 Å². The lowest BCUT2D eigenvalue weighted by molar-refractivity contribution is -0.135. The number of Topliss-reactive ketones (excluding diaryl/α,β-unsaturated/α-hetero) is 1. The number of rotatable bonds is 7. The Morgan fingerprint density at radius 1 is 0.862 bits per heavy atom. The predicted octanol–water partition coefficient (Wildman–Crippen LogP) is 4.80. The van der Waals surface area contributed by atoms with Gasteiger partial charge in [0, 0.05) is 11.1 Å². The number of ketones is 1. The van der Waals surface area contributed by atoms with Crippen LogP contribution in [-0.2, 0) is 9.53 Å². The Labute approximate surface area is 168 Å². The van der Waals surface area contributed by atoms with Crippen LogP contribution >= 0.6 is 0 Å². The molecule has 0 saturated heterocycles. The van der Waals surface area contributed by atoms with Gasteiger partial charge in [0.2, 0.25) is 0 Å². The third kappa shape index (κ3) is 5.17. The van der Waals surface area contributed by atoms with E-state index in [-0.39, 0.29) is 5.56 Å². The molecular weight excluding hydrogens is 371 g/mol. The number of esters is 1. The summed E-state index contributed by atoms with van der Waals surface area (Å²) in [7, 11) is 1.55. The first-order chi connectivity index (χ1) is 14.1. The van der Waals surface area contributed by atoms with Crippen molar-refractivity contribution in [3.05, 3.63) is 101 Å². The monoisotopic (exact) mass is 390 g/mol. The molecule has 0 amide bonds. The molecule has 146 valence electrons. The van der Waals surface area contributed by atoms with Gasteiger partial charge in [-0.15, -0.1) is 0 Å². The van der Waals surface area contributed by atoms with Gasteiger partial charge in [-0.1, -0.05) is 48.5 Å². The van der Waals surface area contributed by atoms with E-state index >= 15 is 0 Å². The maximum absolute atomic E-state index is 13.0. The molecule has 0 aromatic heterocycles. The van der Waals surface area contributed by atoms with Crippen molar-refractivity contribution in [3.8, 4) is 5.75 Å². The first-order valence-corrected chi connectivity index (χ1v) is 8.94. The molecule has 5 heteroatoms. The van der Waals surface area contributed by atoms with Crippen LogP contribution in [0.4, 0.5) is 4.39 Å². The van der Waals surface area contributed by atoms with Crippen LogP contribution in [0, 0.1) is 5.82 Å². The molecule has 3 aromatic carbocycles. The highest BCUT2D eigenvalue weighted by atomic mass is 19.1. The van der Waals surface area contributed by atoms with Crippen LogP contribution in [0.1, 0.15) is 21.5 Å². The Morgan fingerprint density at radius 2 is 1.52 bits per heavy atom. The van der Waals surface area contributed by atoms with Crippen molar-refractivity contribution >= 4 is 23.4 Å². The molecular formula is C24H19FO4. The minimum absolute atomic E-state index is 0.272. The summed E-state index contributed by atoms with van der Waals surface area (Å²) in [5.41, 5.74) is 1.92. The third-order valence-corrected chi connectivity index (χ3v) is 4.24. The molecule has 0 atom stereocenters. The number of hydrogen-bond acceptors (Lipinski definition) is 4. The molecule has 0 fully saturated rings. The molecule has 0 bridgehead atoms. The van der Waals surface area contributed by atoms with Gasteiger partial charge in [-0.05, 0) is 42.0 Å². The molecule has 0 heterocycles. The number of ether oxygens (including phenoxy) is 2. The highest BCUT2D eigenvalue weighted by Crippen LogP contribution is 2.25. The molecule has 0 aliphatic rings. The van der Waals surface area contributed by atoms with Crippen molar-refractivity contribution in [1.29, 1.82) is 0 Å². The minimum Gasteiger partial charge on any atom is -0.496 e. The summed E-state index contributed by atoms with van der Waals surface area (Å²) >= 11 is 0. The number of methoxy groups -OCH3 is 1. The molecule has 0 spiro atoms. The van der Waals surface area contributed by atoms with Gasteiger partial charge >= 0.3 is 5.97 Å². The number of para-hydroxylation sites is 1. The Hall–Kier alpha value is -3.73. The first kappa shape index (κ1) is 20.0. The van der Waals surface area contributed by atoms with Gasteiger partial charge in [-0.25, -0.2) is 9.18 Å². The van der Waals surface area contributed by atoms with Crippen molar-refractivity contribution in [3.63, 3.8) is 0 Å². The van der Waals surface area contributed by atoms with Gasteiger partial charge in [0.1, 0.15) is 11.6 Å². The zero-order chi connectivity index (χ0) is 20.6. The number of hydrogen-bond donors (Lipinski definition) is 0. The van der Waals surface area contributed by atoms with E-state index in [0.717, 1.165) is 0 Å². The SMILES string of the molecule is COc1ccccc1/C=C(/C(=O)OCC(=O)c1ccc(F)cc1)c1ccccc1. The second-order valence-electron chi connectivity index (χ2n) is 6.17. The van der Waals surface area contributed by atoms with Crippen molar-refractivity contribution in [2.24, 2.45) is 0 Å². The lowest BCUT2D eigenvalue weighted by atomic mass is 10.0. The smallest absolute Gasteiger partial charge is 0.339 e. The van der Waals surface area contributed by atoms with E-state index < -0.39 is 24.2 Å².